The fraction of sp³-hybridized carbons (Fsp3) is 0.500. The van der Waals surface area contributed by atoms with Gasteiger partial charge in [0.1, 0.15) is 0 Å². The van der Waals surface area contributed by atoms with Gasteiger partial charge in [0.05, 0.1) is 12.3 Å². The monoisotopic (exact) mass is 423 g/mol. The zero-order valence-corrected chi connectivity index (χ0v) is 17.4. The summed E-state index contributed by atoms with van der Waals surface area (Å²) in [5.74, 6) is 0.408. The number of hydrogen-bond acceptors (Lipinski definition) is 5. The Morgan fingerprint density at radius 2 is 1.96 bits per heavy atom. The zero-order chi connectivity index (χ0) is 20.1. The first-order chi connectivity index (χ1) is 13.4. The van der Waals surface area contributed by atoms with E-state index < -0.39 is 10.0 Å². The van der Waals surface area contributed by atoms with Gasteiger partial charge in [-0.2, -0.15) is 5.10 Å². The van der Waals surface area contributed by atoms with Crippen molar-refractivity contribution in [1.29, 1.82) is 0 Å². The number of nitrogens with one attached hydrogen (secondary N) is 2. The van der Waals surface area contributed by atoms with Gasteiger partial charge in [-0.1, -0.05) is 30.3 Å². The Balaban J connectivity index is 1.51. The summed E-state index contributed by atoms with van der Waals surface area (Å²) < 4.78 is 29.1. The summed E-state index contributed by atoms with van der Waals surface area (Å²) in [6.45, 7) is 3.66. The maximum atomic E-state index is 12.6. The summed E-state index contributed by atoms with van der Waals surface area (Å²) in [6.07, 6.45) is 1.03. The molecule has 3 rings (SSSR count). The third-order valence-corrected chi connectivity index (χ3v) is 7.15. The highest BCUT2D eigenvalue weighted by atomic mass is 32.2. The van der Waals surface area contributed by atoms with E-state index in [4.69, 9.17) is 12.2 Å². The number of carbonyl (C=O) groups is 1. The van der Waals surface area contributed by atoms with Crippen LogP contribution in [0.2, 0.25) is 0 Å². The van der Waals surface area contributed by atoms with Crippen molar-refractivity contribution in [3.8, 4) is 0 Å². The lowest BCUT2D eigenvalue weighted by Gasteiger charge is -2.30. The third-order valence-electron chi connectivity index (χ3n) is 4.98. The number of benzene rings is 1. The SMILES string of the molecule is CCn1c(CNC(=O)C2CCN(S(=O)(=O)Cc3ccccc3)CC2)n[nH]c1=S. The van der Waals surface area contributed by atoms with Gasteiger partial charge in [0.2, 0.25) is 15.9 Å². The highest BCUT2D eigenvalue weighted by molar-refractivity contribution is 7.88. The highest BCUT2D eigenvalue weighted by Gasteiger charge is 2.31. The van der Waals surface area contributed by atoms with E-state index in [1.54, 1.807) is 0 Å². The second-order valence-electron chi connectivity index (χ2n) is 6.82. The smallest absolute Gasteiger partial charge is 0.223 e. The maximum Gasteiger partial charge on any atom is 0.223 e. The van der Waals surface area contributed by atoms with Gasteiger partial charge in [-0.15, -0.1) is 0 Å². The van der Waals surface area contributed by atoms with Crippen LogP contribution in [0.5, 0.6) is 0 Å². The van der Waals surface area contributed by atoms with Crippen molar-refractivity contribution < 1.29 is 13.2 Å². The minimum Gasteiger partial charge on any atom is -0.349 e. The van der Waals surface area contributed by atoms with Crippen LogP contribution in [0.15, 0.2) is 30.3 Å². The number of aromatic nitrogens is 3. The van der Waals surface area contributed by atoms with Crippen LogP contribution in [0.1, 0.15) is 31.2 Å². The number of aromatic amines is 1. The Hall–Kier alpha value is -2.04. The molecule has 152 valence electrons. The molecule has 28 heavy (non-hydrogen) atoms. The number of rotatable bonds is 7. The van der Waals surface area contributed by atoms with E-state index >= 15 is 0 Å². The van der Waals surface area contributed by atoms with Crippen LogP contribution in [0.3, 0.4) is 0 Å². The van der Waals surface area contributed by atoms with Crippen molar-refractivity contribution in [3.63, 3.8) is 0 Å². The minimum atomic E-state index is -3.37. The molecule has 1 aromatic heterocycles. The van der Waals surface area contributed by atoms with Crippen molar-refractivity contribution in [2.45, 2.75) is 38.6 Å². The van der Waals surface area contributed by atoms with Gasteiger partial charge in [-0.3, -0.25) is 9.89 Å². The predicted molar refractivity (Wildman–Crippen MR) is 108 cm³/mol. The molecule has 0 unspecified atom stereocenters. The van der Waals surface area contributed by atoms with Crippen molar-refractivity contribution >= 4 is 28.1 Å². The Morgan fingerprint density at radius 3 is 2.61 bits per heavy atom. The van der Waals surface area contributed by atoms with E-state index in [0.717, 1.165) is 5.56 Å². The molecule has 10 heteroatoms. The molecule has 1 aromatic carbocycles. The van der Waals surface area contributed by atoms with E-state index in [1.165, 1.54) is 4.31 Å². The molecule has 1 saturated heterocycles. The topological polar surface area (TPSA) is 100 Å². The molecular formula is C18H25N5O3S2. The molecular weight excluding hydrogens is 398 g/mol. The van der Waals surface area contributed by atoms with E-state index in [2.05, 4.69) is 15.5 Å². The van der Waals surface area contributed by atoms with Gasteiger partial charge in [0.25, 0.3) is 0 Å². The number of H-pyrrole nitrogens is 1. The number of nitrogens with zero attached hydrogens (tertiary/aromatic N) is 3. The quantitative estimate of drug-likeness (QED) is 0.662. The first-order valence-electron chi connectivity index (χ1n) is 9.34. The predicted octanol–water partition coefficient (Wildman–Crippen LogP) is 1.82. The fourth-order valence-electron chi connectivity index (χ4n) is 3.39. The van der Waals surface area contributed by atoms with Crippen molar-refractivity contribution in [2.75, 3.05) is 13.1 Å². The second-order valence-corrected chi connectivity index (χ2v) is 9.18. The number of carbonyl (C=O) groups excluding carboxylic acids is 1. The third kappa shape index (κ3) is 4.86. The van der Waals surface area contributed by atoms with Crippen molar-refractivity contribution in [3.05, 3.63) is 46.5 Å². The lowest BCUT2D eigenvalue weighted by atomic mass is 9.97. The second kappa shape index (κ2) is 8.97. The first kappa shape index (κ1) is 20.7. The number of amides is 1. The van der Waals surface area contributed by atoms with Gasteiger partial charge < -0.3 is 9.88 Å². The van der Waals surface area contributed by atoms with E-state index in [1.807, 2.05) is 41.8 Å². The van der Waals surface area contributed by atoms with Crippen LogP contribution in [-0.2, 0) is 33.7 Å². The Kier molecular flexibility index (Phi) is 6.63. The molecule has 0 spiro atoms. The number of piperidine rings is 1. The van der Waals surface area contributed by atoms with Crippen molar-refractivity contribution in [2.24, 2.45) is 5.92 Å². The van der Waals surface area contributed by atoms with Gasteiger partial charge in [-0.25, -0.2) is 12.7 Å². The molecule has 2 aromatic rings. The summed E-state index contributed by atoms with van der Waals surface area (Å²) in [4.78, 5) is 12.5. The Labute approximate surface area is 170 Å². The van der Waals surface area contributed by atoms with Gasteiger partial charge in [0.15, 0.2) is 10.6 Å². The first-order valence-corrected chi connectivity index (χ1v) is 11.4. The van der Waals surface area contributed by atoms with Crippen LogP contribution >= 0.6 is 12.2 Å². The molecule has 0 saturated carbocycles. The molecule has 2 heterocycles. The summed E-state index contributed by atoms with van der Waals surface area (Å²) in [6, 6.07) is 9.14. The molecule has 0 aliphatic carbocycles. The lowest BCUT2D eigenvalue weighted by Crippen LogP contribution is -2.43. The summed E-state index contributed by atoms with van der Waals surface area (Å²) >= 11 is 5.14. The Morgan fingerprint density at radius 1 is 1.29 bits per heavy atom. The van der Waals surface area contributed by atoms with Gasteiger partial charge in [-0.05, 0) is 37.5 Å². The number of sulfonamides is 1. The minimum absolute atomic E-state index is 0.00963. The lowest BCUT2D eigenvalue weighted by molar-refractivity contribution is -0.126. The molecule has 1 aliphatic rings. The molecule has 8 nitrogen and oxygen atoms in total. The van der Waals surface area contributed by atoms with Crippen LogP contribution in [0.4, 0.5) is 0 Å². The van der Waals surface area contributed by atoms with E-state index in [0.29, 0.717) is 49.6 Å². The summed E-state index contributed by atoms with van der Waals surface area (Å²) in [5.41, 5.74) is 0.770. The van der Waals surface area contributed by atoms with Crippen LogP contribution in [0.25, 0.3) is 0 Å². The summed E-state index contributed by atoms with van der Waals surface area (Å²) in [7, 11) is -3.37. The summed E-state index contributed by atoms with van der Waals surface area (Å²) in [5, 5.41) is 9.75. The van der Waals surface area contributed by atoms with Crippen LogP contribution in [-0.4, -0.2) is 46.5 Å². The van der Waals surface area contributed by atoms with Gasteiger partial charge in [0, 0.05) is 25.6 Å². The number of hydrogen-bond donors (Lipinski definition) is 2. The molecule has 1 aliphatic heterocycles. The fourth-order valence-corrected chi connectivity index (χ4v) is 5.24. The van der Waals surface area contributed by atoms with Crippen LogP contribution in [0, 0.1) is 10.7 Å². The van der Waals surface area contributed by atoms with E-state index in [9.17, 15) is 13.2 Å². The molecule has 1 fully saturated rings. The normalized spacial score (nSPS) is 16.2. The standard InChI is InChI=1S/C18H25N5O3S2/c1-2-23-16(20-21-18(23)27)12-19-17(24)15-8-10-22(11-9-15)28(25,26)13-14-6-4-3-5-7-14/h3-7,15H,2,8-13H2,1H3,(H,19,24)(H,21,27). The molecule has 1 amide bonds. The molecule has 2 N–H and O–H groups in total. The zero-order valence-electron chi connectivity index (χ0n) is 15.8. The Bertz CT molecular complexity index is 961. The molecule has 0 bridgehead atoms. The largest absolute Gasteiger partial charge is 0.349 e. The van der Waals surface area contributed by atoms with E-state index in [-0.39, 0.29) is 17.6 Å². The molecule has 0 atom stereocenters. The highest BCUT2D eigenvalue weighted by Crippen LogP contribution is 2.22. The van der Waals surface area contributed by atoms with Gasteiger partial charge >= 0.3 is 0 Å². The molecule has 0 radical (unpaired) electrons. The maximum absolute atomic E-state index is 12.6. The average molecular weight is 424 g/mol. The van der Waals surface area contributed by atoms with Crippen molar-refractivity contribution in [1.82, 2.24) is 24.4 Å². The van der Waals surface area contributed by atoms with Crippen LogP contribution < -0.4 is 5.32 Å². The average Bonchev–Trinajstić information content (AvgIpc) is 3.06.